The molecule has 1 aromatic heterocycles. The molecule has 2 aromatic carbocycles. The van der Waals surface area contributed by atoms with E-state index in [4.69, 9.17) is 23.2 Å². The van der Waals surface area contributed by atoms with Crippen molar-refractivity contribution in [3.8, 4) is 0 Å². The van der Waals surface area contributed by atoms with Crippen LogP contribution in [0.15, 0.2) is 54.7 Å². The highest BCUT2D eigenvalue weighted by Gasteiger charge is 2.18. The van der Waals surface area contributed by atoms with Gasteiger partial charge in [-0.05, 0) is 29.7 Å². The molecule has 100 valence electrons. The van der Waals surface area contributed by atoms with E-state index in [1.54, 1.807) is 24.4 Å². The van der Waals surface area contributed by atoms with Crippen LogP contribution in [0, 0.1) is 0 Å². The van der Waals surface area contributed by atoms with Crippen molar-refractivity contribution >= 4 is 34.0 Å². The van der Waals surface area contributed by atoms with E-state index < -0.39 is 6.10 Å². The number of aliphatic hydroxyl groups is 1. The number of aliphatic hydroxyl groups excluding tert-OH is 1. The molecule has 3 rings (SSSR count). The van der Waals surface area contributed by atoms with E-state index >= 15 is 0 Å². The molecule has 0 aliphatic rings. The van der Waals surface area contributed by atoms with Crippen LogP contribution in [-0.4, -0.2) is 10.1 Å². The van der Waals surface area contributed by atoms with Crippen LogP contribution in [0.3, 0.4) is 0 Å². The van der Waals surface area contributed by atoms with E-state index in [2.05, 4.69) is 4.98 Å². The predicted octanol–water partition coefficient (Wildman–Crippen LogP) is 4.62. The van der Waals surface area contributed by atoms with E-state index in [0.29, 0.717) is 21.3 Å². The lowest BCUT2D eigenvalue weighted by atomic mass is 10.0. The smallest absolute Gasteiger partial charge is 0.123 e. The lowest BCUT2D eigenvalue weighted by Gasteiger charge is -2.14. The molecule has 1 heterocycles. The average molecular weight is 304 g/mol. The second kappa shape index (κ2) is 5.41. The summed E-state index contributed by atoms with van der Waals surface area (Å²) in [5.74, 6) is 0. The van der Waals surface area contributed by atoms with Gasteiger partial charge >= 0.3 is 0 Å². The maximum absolute atomic E-state index is 10.6. The van der Waals surface area contributed by atoms with Crippen LogP contribution in [0.25, 0.3) is 10.8 Å². The second-order valence-electron chi connectivity index (χ2n) is 4.49. The highest BCUT2D eigenvalue weighted by atomic mass is 35.5. The van der Waals surface area contributed by atoms with Gasteiger partial charge in [-0.2, -0.15) is 0 Å². The minimum absolute atomic E-state index is 0.469. The normalized spacial score (nSPS) is 12.6. The van der Waals surface area contributed by atoms with Crippen molar-refractivity contribution in [1.82, 2.24) is 4.98 Å². The quantitative estimate of drug-likeness (QED) is 0.749. The summed E-state index contributed by atoms with van der Waals surface area (Å²) in [5, 5.41) is 13.5. The number of halogens is 2. The Hall–Kier alpha value is -1.61. The van der Waals surface area contributed by atoms with E-state index in [1.807, 2.05) is 30.3 Å². The van der Waals surface area contributed by atoms with Crippen molar-refractivity contribution in [3.63, 3.8) is 0 Å². The SMILES string of the molecule is OC(c1cc(Cl)ccc1Cl)c1nccc2ccccc12. The van der Waals surface area contributed by atoms with Crippen LogP contribution in [0.4, 0.5) is 0 Å². The Balaban J connectivity index is 2.17. The number of rotatable bonds is 2. The Kier molecular flexibility index (Phi) is 3.62. The topological polar surface area (TPSA) is 33.1 Å². The fraction of sp³-hybridized carbons (Fsp3) is 0.0625. The molecule has 0 spiro atoms. The Bertz CT molecular complexity index is 768. The molecule has 0 radical (unpaired) electrons. The van der Waals surface area contributed by atoms with Gasteiger partial charge in [0.05, 0.1) is 5.69 Å². The first-order chi connectivity index (χ1) is 9.66. The zero-order chi connectivity index (χ0) is 14.1. The summed E-state index contributed by atoms with van der Waals surface area (Å²) in [6.07, 6.45) is 0.770. The molecule has 0 aliphatic heterocycles. The largest absolute Gasteiger partial charge is 0.382 e. The van der Waals surface area contributed by atoms with E-state index in [1.165, 1.54) is 0 Å². The van der Waals surface area contributed by atoms with E-state index in [9.17, 15) is 5.11 Å². The molecule has 2 nitrogen and oxygen atoms in total. The Labute approximate surface area is 126 Å². The Morgan fingerprint density at radius 3 is 2.65 bits per heavy atom. The summed E-state index contributed by atoms with van der Waals surface area (Å²) in [5.41, 5.74) is 1.13. The maximum atomic E-state index is 10.6. The molecule has 1 atom stereocenters. The molecule has 0 fully saturated rings. The maximum Gasteiger partial charge on any atom is 0.123 e. The van der Waals surface area contributed by atoms with Crippen LogP contribution >= 0.6 is 23.2 Å². The summed E-state index contributed by atoms with van der Waals surface area (Å²) in [7, 11) is 0. The number of fused-ring (bicyclic) bond motifs is 1. The molecule has 0 saturated carbocycles. The molecule has 1 N–H and O–H groups in total. The van der Waals surface area contributed by atoms with Gasteiger partial charge in [0.15, 0.2) is 0 Å². The van der Waals surface area contributed by atoms with Gasteiger partial charge in [-0.3, -0.25) is 4.98 Å². The number of benzene rings is 2. The number of pyridine rings is 1. The molecule has 0 amide bonds. The van der Waals surface area contributed by atoms with Crippen molar-refractivity contribution in [3.05, 3.63) is 76.0 Å². The molecule has 0 aliphatic carbocycles. The summed E-state index contributed by atoms with van der Waals surface area (Å²) in [6, 6.07) is 14.7. The van der Waals surface area contributed by atoms with Crippen LogP contribution in [0.5, 0.6) is 0 Å². The number of hydrogen-bond acceptors (Lipinski definition) is 2. The number of aromatic nitrogens is 1. The summed E-state index contributed by atoms with van der Waals surface area (Å²) >= 11 is 12.1. The summed E-state index contributed by atoms with van der Waals surface area (Å²) in [4.78, 5) is 4.30. The van der Waals surface area contributed by atoms with Gasteiger partial charge in [-0.1, -0.05) is 47.5 Å². The first-order valence-corrected chi connectivity index (χ1v) is 6.89. The minimum Gasteiger partial charge on any atom is -0.382 e. The zero-order valence-corrected chi connectivity index (χ0v) is 11.9. The lowest BCUT2D eigenvalue weighted by molar-refractivity contribution is 0.217. The zero-order valence-electron chi connectivity index (χ0n) is 10.4. The summed E-state index contributed by atoms with van der Waals surface area (Å²) in [6.45, 7) is 0. The molecule has 1 unspecified atom stereocenters. The average Bonchev–Trinajstić information content (AvgIpc) is 2.48. The van der Waals surface area contributed by atoms with Crippen LogP contribution in [-0.2, 0) is 0 Å². The third kappa shape index (κ3) is 2.38. The third-order valence-corrected chi connectivity index (χ3v) is 3.80. The molecule has 3 aromatic rings. The first kappa shape index (κ1) is 13.4. The molecule has 0 saturated heterocycles. The monoisotopic (exact) mass is 303 g/mol. The second-order valence-corrected chi connectivity index (χ2v) is 5.33. The molecular weight excluding hydrogens is 293 g/mol. The van der Waals surface area contributed by atoms with Gasteiger partial charge < -0.3 is 5.11 Å². The Morgan fingerprint density at radius 2 is 1.80 bits per heavy atom. The number of hydrogen-bond donors (Lipinski definition) is 1. The van der Waals surface area contributed by atoms with Crippen LogP contribution in [0.1, 0.15) is 17.4 Å². The standard InChI is InChI=1S/C16H11Cl2NO/c17-11-5-6-14(18)13(9-11)16(20)15-12-4-2-1-3-10(12)7-8-19-15/h1-9,16,20H. The number of nitrogens with zero attached hydrogens (tertiary/aromatic N) is 1. The van der Waals surface area contributed by atoms with Crippen molar-refractivity contribution in [2.75, 3.05) is 0 Å². The Morgan fingerprint density at radius 1 is 1.00 bits per heavy atom. The van der Waals surface area contributed by atoms with Gasteiger partial charge in [0.2, 0.25) is 0 Å². The lowest BCUT2D eigenvalue weighted by Crippen LogP contribution is -2.04. The van der Waals surface area contributed by atoms with Crippen molar-refractivity contribution in [1.29, 1.82) is 0 Å². The van der Waals surface area contributed by atoms with E-state index in [0.717, 1.165) is 10.8 Å². The van der Waals surface area contributed by atoms with Gasteiger partial charge in [-0.15, -0.1) is 0 Å². The highest BCUT2D eigenvalue weighted by molar-refractivity contribution is 6.33. The van der Waals surface area contributed by atoms with Gasteiger partial charge in [0.1, 0.15) is 6.10 Å². The molecule has 0 bridgehead atoms. The van der Waals surface area contributed by atoms with Gasteiger partial charge in [0, 0.05) is 27.2 Å². The van der Waals surface area contributed by atoms with Crippen molar-refractivity contribution in [2.45, 2.75) is 6.10 Å². The van der Waals surface area contributed by atoms with E-state index in [-0.39, 0.29) is 0 Å². The van der Waals surface area contributed by atoms with Crippen molar-refractivity contribution in [2.24, 2.45) is 0 Å². The minimum atomic E-state index is -0.910. The van der Waals surface area contributed by atoms with Gasteiger partial charge in [-0.25, -0.2) is 0 Å². The van der Waals surface area contributed by atoms with Crippen LogP contribution in [0.2, 0.25) is 10.0 Å². The third-order valence-electron chi connectivity index (χ3n) is 3.22. The summed E-state index contributed by atoms with van der Waals surface area (Å²) < 4.78 is 0. The molecule has 20 heavy (non-hydrogen) atoms. The van der Waals surface area contributed by atoms with Crippen molar-refractivity contribution < 1.29 is 5.11 Å². The predicted molar refractivity (Wildman–Crippen MR) is 82.3 cm³/mol. The fourth-order valence-electron chi connectivity index (χ4n) is 2.23. The van der Waals surface area contributed by atoms with Crippen LogP contribution < -0.4 is 0 Å². The van der Waals surface area contributed by atoms with Gasteiger partial charge in [0.25, 0.3) is 0 Å². The highest BCUT2D eigenvalue weighted by Crippen LogP contribution is 2.32. The fourth-order valence-corrected chi connectivity index (χ4v) is 2.63. The molecule has 4 heteroatoms. The first-order valence-electron chi connectivity index (χ1n) is 6.13. The molecular formula is C16H11Cl2NO.